The van der Waals surface area contributed by atoms with Gasteiger partial charge in [0.05, 0.1) is 25.0 Å². The van der Waals surface area contributed by atoms with Crippen LogP contribution in [0.15, 0.2) is 18.2 Å². The Morgan fingerprint density at radius 2 is 1.85 bits per heavy atom. The van der Waals surface area contributed by atoms with Crippen molar-refractivity contribution in [3.05, 3.63) is 23.8 Å². The standard InChI is InChI=1S/C18H26N2O5S/c1-24-16-5-3-4-15(17(16)25-2)18(21)19-12-13-8-10-20(11-9-13)26(22,23)14-6-7-14/h3-5,13-14H,6-12H2,1-2H3,(H,19,21). The van der Waals surface area contributed by atoms with E-state index in [4.69, 9.17) is 9.47 Å². The van der Waals surface area contributed by atoms with E-state index in [9.17, 15) is 13.2 Å². The van der Waals surface area contributed by atoms with E-state index in [1.807, 2.05) is 0 Å². The van der Waals surface area contributed by atoms with Gasteiger partial charge in [-0.25, -0.2) is 12.7 Å². The molecule has 3 rings (SSSR count). The Morgan fingerprint density at radius 1 is 1.15 bits per heavy atom. The number of carbonyl (C=O) groups is 1. The van der Waals surface area contributed by atoms with E-state index in [2.05, 4.69) is 5.32 Å². The number of methoxy groups -OCH3 is 2. The lowest BCUT2D eigenvalue weighted by Crippen LogP contribution is -2.42. The molecule has 144 valence electrons. The molecule has 1 saturated heterocycles. The third-order valence-electron chi connectivity index (χ3n) is 5.08. The summed E-state index contributed by atoms with van der Waals surface area (Å²) in [6.45, 7) is 1.61. The zero-order chi connectivity index (χ0) is 18.7. The van der Waals surface area contributed by atoms with Crippen molar-refractivity contribution in [2.24, 2.45) is 5.92 Å². The molecule has 1 heterocycles. The predicted octanol–water partition coefficient (Wildman–Crippen LogP) is 1.64. The summed E-state index contributed by atoms with van der Waals surface area (Å²) in [5.41, 5.74) is 0.431. The molecule has 0 bridgehead atoms. The van der Waals surface area contributed by atoms with Gasteiger partial charge in [0.2, 0.25) is 10.0 Å². The lowest BCUT2D eigenvalue weighted by atomic mass is 9.98. The molecule has 2 aliphatic rings. The summed E-state index contributed by atoms with van der Waals surface area (Å²) in [6, 6.07) is 5.19. The molecule has 1 aromatic carbocycles. The molecule has 2 fully saturated rings. The molecule has 0 aromatic heterocycles. The Morgan fingerprint density at radius 3 is 2.42 bits per heavy atom. The number of amides is 1. The van der Waals surface area contributed by atoms with Gasteiger partial charge in [-0.05, 0) is 43.7 Å². The molecule has 0 unspecified atom stereocenters. The van der Waals surface area contributed by atoms with Crippen LogP contribution in [-0.2, 0) is 10.0 Å². The summed E-state index contributed by atoms with van der Waals surface area (Å²) in [5, 5.41) is 2.79. The number of piperidine rings is 1. The summed E-state index contributed by atoms with van der Waals surface area (Å²) < 4.78 is 36.7. The maximum Gasteiger partial charge on any atom is 0.255 e. The van der Waals surface area contributed by atoms with Crippen molar-refractivity contribution in [1.82, 2.24) is 9.62 Å². The predicted molar refractivity (Wildman–Crippen MR) is 98.1 cm³/mol. The zero-order valence-corrected chi connectivity index (χ0v) is 16.0. The average Bonchev–Trinajstić information content (AvgIpc) is 3.51. The highest BCUT2D eigenvalue weighted by molar-refractivity contribution is 7.90. The summed E-state index contributed by atoms with van der Waals surface area (Å²) in [7, 11) is -0.0523. The molecule has 1 N–H and O–H groups in total. The Bertz CT molecular complexity index is 753. The molecule has 0 radical (unpaired) electrons. The fourth-order valence-electron chi connectivity index (χ4n) is 3.34. The van der Waals surface area contributed by atoms with E-state index >= 15 is 0 Å². The first-order valence-electron chi connectivity index (χ1n) is 8.95. The van der Waals surface area contributed by atoms with Gasteiger partial charge in [0.15, 0.2) is 11.5 Å². The smallest absolute Gasteiger partial charge is 0.255 e. The second-order valence-corrected chi connectivity index (χ2v) is 9.05. The molecule has 0 spiro atoms. The third kappa shape index (κ3) is 3.96. The van der Waals surface area contributed by atoms with Crippen LogP contribution in [0.3, 0.4) is 0 Å². The van der Waals surface area contributed by atoms with Gasteiger partial charge in [0.25, 0.3) is 5.91 Å². The Kier molecular flexibility index (Phi) is 5.72. The van der Waals surface area contributed by atoms with Gasteiger partial charge < -0.3 is 14.8 Å². The number of rotatable bonds is 7. The van der Waals surface area contributed by atoms with Crippen molar-refractivity contribution in [2.45, 2.75) is 30.9 Å². The van der Waals surface area contributed by atoms with Crippen LogP contribution >= 0.6 is 0 Å². The molecular formula is C18H26N2O5S. The molecule has 26 heavy (non-hydrogen) atoms. The van der Waals surface area contributed by atoms with Gasteiger partial charge in [-0.3, -0.25) is 4.79 Å². The van der Waals surface area contributed by atoms with Crippen LogP contribution < -0.4 is 14.8 Å². The number of sulfonamides is 1. The van der Waals surface area contributed by atoms with E-state index < -0.39 is 10.0 Å². The highest BCUT2D eigenvalue weighted by Crippen LogP contribution is 2.33. The van der Waals surface area contributed by atoms with Gasteiger partial charge in [0.1, 0.15) is 0 Å². The average molecular weight is 382 g/mol. The summed E-state index contributed by atoms with van der Waals surface area (Å²) in [4.78, 5) is 12.5. The first kappa shape index (κ1) is 19.0. The number of nitrogens with one attached hydrogen (secondary N) is 1. The quantitative estimate of drug-likeness (QED) is 0.775. The van der Waals surface area contributed by atoms with E-state index in [1.165, 1.54) is 14.2 Å². The van der Waals surface area contributed by atoms with E-state index in [0.717, 1.165) is 25.7 Å². The molecule has 1 aliphatic carbocycles. The van der Waals surface area contributed by atoms with Crippen molar-refractivity contribution in [3.8, 4) is 11.5 Å². The molecule has 1 amide bonds. The van der Waals surface area contributed by atoms with E-state index in [0.29, 0.717) is 36.7 Å². The minimum absolute atomic E-state index is 0.153. The summed E-state index contributed by atoms with van der Waals surface area (Å²) in [5.74, 6) is 0.992. The number of hydrogen-bond donors (Lipinski definition) is 1. The van der Waals surface area contributed by atoms with Crippen LogP contribution in [0.5, 0.6) is 11.5 Å². The van der Waals surface area contributed by atoms with Gasteiger partial charge >= 0.3 is 0 Å². The van der Waals surface area contributed by atoms with Gasteiger partial charge in [-0.15, -0.1) is 0 Å². The number of ether oxygens (including phenoxy) is 2. The molecule has 7 nitrogen and oxygen atoms in total. The van der Waals surface area contributed by atoms with Crippen molar-refractivity contribution in [2.75, 3.05) is 33.9 Å². The minimum atomic E-state index is -3.09. The maximum absolute atomic E-state index is 12.5. The fraction of sp³-hybridized carbons (Fsp3) is 0.611. The summed E-state index contributed by atoms with van der Waals surface area (Å²) in [6.07, 6.45) is 3.12. The van der Waals surface area contributed by atoms with Crippen LogP contribution in [-0.4, -0.2) is 57.7 Å². The van der Waals surface area contributed by atoms with Crippen LogP contribution in [0.4, 0.5) is 0 Å². The Balaban J connectivity index is 1.53. The zero-order valence-electron chi connectivity index (χ0n) is 15.2. The highest BCUT2D eigenvalue weighted by Gasteiger charge is 2.41. The molecule has 0 atom stereocenters. The van der Waals surface area contributed by atoms with Crippen LogP contribution in [0, 0.1) is 5.92 Å². The Labute approximate surface area is 154 Å². The molecule has 1 aliphatic heterocycles. The molecular weight excluding hydrogens is 356 g/mol. The first-order valence-corrected chi connectivity index (χ1v) is 10.5. The number of carbonyl (C=O) groups excluding carboxylic acids is 1. The van der Waals surface area contributed by atoms with Gasteiger partial charge in [-0.1, -0.05) is 6.07 Å². The summed E-state index contributed by atoms with van der Waals surface area (Å²) >= 11 is 0. The number of hydrogen-bond acceptors (Lipinski definition) is 5. The van der Waals surface area contributed by atoms with Gasteiger partial charge in [-0.2, -0.15) is 0 Å². The normalized spacial score (nSPS) is 19.2. The van der Waals surface area contributed by atoms with Crippen molar-refractivity contribution in [3.63, 3.8) is 0 Å². The van der Waals surface area contributed by atoms with Crippen molar-refractivity contribution < 1.29 is 22.7 Å². The maximum atomic E-state index is 12.5. The molecule has 8 heteroatoms. The SMILES string of the molecule is COc1cccc(C(=O)NCC2CCN(S(=O)(=O)C3CC3)CC2)c1OC. The fourth-order valence-corrected chi connectivity index (χ4v) is 5.22. The monoisotopic (exact) mass is 382 g/mol. The number of nitrogens with zero attached hydrogens (tertiary/aromatic N) is 1. The van der Waals surface area contributed by atoms with E-state index in [-0.39, 0.29) is 17.1 Å². The van der Waals surface area contributed by atoms with Crippen molar-refractivity contribution >= 4 is 15.9 Å². The minimum Gasteiger partial charge on any atom is -0.493 e. The lowest BCUT2D eigenvalue weighted by molar-refractivity contribution is 0.0938. The lowest BCUT2D eigenvalue weighted by Gasteiger charge is -2.31. The van der Waals surface area contributed by atoms with E-state index in [1.54, 1.807) is 22.5 Å². The topological polar surface area (TPSA) is 84.9 Å². The Hall–Kier alpha value is -1.80. The van der Waals surface area contributed by atoms with Crippen LogP contribution in [0.25, 0.3) is 0 Å². The molecule has 1 aromatic rings. The van der Waals surface area contributed by atoms with Crippen LogP contribution in [0.1, 0.15) is 36.0 Å². The second-order valence-electron chi connectivity index (χ2n) is 6.84. The first-order chi connectivity index (χ1) is 12.5. The largest absolute Gasteiger partial charge is 0.493 e. The highest BCUT2D eigenvalue weighted by atomic mass is 32.2. The molecule has 1 saturated carbocycles. The van der Waals surface area contributed by atoms with Crippen molar-refractivity contribution in [1.29, 1.82) is 0 Å². The van der Waals surface area contributed by atoms with Gasteiger partial charge in [0, 0.05) is 19.6 Å². The van der Waals surface area contributed by atoms with Crippen LogP contribution in [0.2, 0.25) is 0 Å². The second kappa shape index (κ2) is 7.84. The third-order valence-corrected chi connectivity index (χ3v) is 7.48. The number of para-hydroxylation sites is 1. The number of benzene rings is 1.